The molecule has 4 aliphatic carbocycles. The van der Waals surface area contributed by atoms with E-state index in [2.05, 4.69) is 49.0 Å². The maximum atomic E-state index is 15.0. The Bertz CT molecular complexity index is 1510. The van der Waals surface area contributed by atoms with Crippen LogP contribution in [0.2, 0.25) is 0 Å². The third-order valence-electron chi connectivity index (χ3n) is 15.0. The first-order valence-corrected chi connectivity index (χ1v) is 20.8. The number of nitrogens with two attached hydrogens (primary N) is 1. The van der Waals surface area contributed by atoms with Crippen molar-refractivity contribution >= 4 is 35.4 Å². The van der Waals surface area contributed by atoms with Crippen molar-refractivity contribution in [3.8, 4) is 0 Å². The van der Waals surface area contributed by atoms with E-state index < -0.39 is 53.2 Å². The second-order valence-corrected chi connectivity index (χ2v) is 20.0. The van der Waals surface area contributed by atoms with E-state index in [1.54, 1.807) is 4.90 Å². The van der Waals surface area contributed by atoms with Crippen molar-refractivity contribution in [2.45, 2.75) is 162 Å². The number of likely N-dealkylation sites (tertiary alicyclic amines) is 1. The molecule has 6 N–H and O–H groups in total. The minimum Gasteiger partial charge on any atom is -0.363 e. The van der Waals surface area contributed by atoms with Crippen molar-refractivity contribution in [3.63, 3.8) is 0 Å². The first-order valence-electron chi connectivity index (χ1n) is 20.8. The predicted octanol–water partition coefficient (Wildman–Crippen LogP) is 3.39. The van der Waals surface area contributed by atoms with Crippen LogP contribution in [0, 0.1) is 33.5 Å². The van der Waals surface area contributed by atoms with Gasteiger partial charge in [-0.2, -0.15) is 0 Å². The maximum absolute atomic E-state index is 15.0. The molecule has 0 radical (unpaired) electrons. The van der Waals surface area contributed by atoms with E-state index in [-0.39, 0.29) is 45.4 Å². The van der Waals surface area contributed by atoms with Crippen LogP contribution in [0.25, 0.3) is 0 Å². The van der Waals surface area contributed by atoms with Crippen LogP contribution in [0.3, 0.4) is 0 Å². The topological polar surface area (TPSA) is 183 Å². The number of carbonyl (C=O) groups excluding carboxylic acids is 6. The van der Waals surface area contributed by atoms with Crippen LogP contribution >= 0.6 is 0 Å². The Morgan fingerprint density at radius 2 is 1.48 bits per heavy atom. The number of carbonyl (C=O) groups is 6. The van der Waals surface area contributed by atoms with Gasteiger partial charge in [0.2, 0.25) is 23.5 Å². The van der Waals surface area contributed by atoms with Crippen molar-refractivity contribution in [3.05, 3.63) is 0 Å². The van der Waals surface area contributed by atoms with Crippen LogP contribution in [0.5, 0.6) is 0 Å². The van der Waals surface area contributed by atoms with E-state index in [0.717, 1.165) is 70.6 Å². The second-order valence-electron chi connectivity index (χ2n) is 20.0. The van der Waals surface area contributed by atoms with Crippen LogP contribution in [0.4, 0.5) is 4.79 Å². The number of amides is 6. The summed E-state index contributed by atoms with van der Waals surface area (Å²) in [5.74, 6) is -2.60. The molecular weight excluding hydrogens is 686 g/mol. The number of urea groups is 1. The average Bonchev–Trinajstić information content (AvgIpc) is 3.27. The SMILES string of the molecule is CC1(C)CN(C(=O)[C@@H](NC(=O)NC(C(=O)N2C[C@]3(CC2C(=O)NC(CC2CCC2)C(=O)C(N)=O)C(C)(C)C32CCC2)C(C)(C)C)C2CCCCC2)CCN1. The van der Waals surface area contributed by atoms with Crippen LogP contribution in [0.15, 0.2) is 0 Å². The lowest BCUT2D eigenvalue weighted by Gasteiger charge is -2.42. The van der Waals surface area contributed by atoms with Crippen LogP contribution in [-0.4, -0.2) is 101 Å². The molecular formula is C41H67N7O6. The quantitative estimate of drug-likeness (QED) is 0.201. The number of ketones is 1. The standard InChI is InChI=1S/C41H67N7O6/c1-37(2,3)31(46-36(54)45-29(26-15-9-8-10-16-26)34(52)47-20-19-43-38(4,5)23-47)35(53)48-24-41(39(6,7)40(41)17-12-18-40)22-28(48)33(51)44-27(30(49)32(42)50)21-25-13-11-14-25/h25-29,31,43H,8-24H2,1-7H3,(H2,42,50)(H,44,51)(H2,45,46,54)/t27?,28?,29-,31?,41+/m0/s1. The van der Waals surface area contributed by atoms with Gasteiger partial charge in [-0.05, 0) is 80.5 Å². The molecule has 6 amide bonds. The molecule has 0 aromatic heterocycles. The third kappa shape index (κ3) is 7.27. The Morgan fingerprint density at radius 1 is 0.815 bits per heavy atom. The van der Waals surface area contributed by atoms with Crippen LogP contribution < -0.4 is 27.0 Å². The summed E-state index contributed by atoms with van der Waals surface area (Å²) in [4.78, 5) is 86.1. The molecule has 2 saturated heterocycles. The summed E-state index contributed by atoms with van der Waals surface area (Å²) in [7, 11) is 0. The monoisotopic (exact) mass is 754 g/mol. The molecule has 2 spiro atoms. The highest BCUT2D eigenvalue weighted by molar-refractivity contribution is 6.37. The van der Waals surface area contributed by atoms with E-state index in [4.69, 9.17) is 5.73 Å². The zero-order valence-electron chi connectivity index (χ0n) is 33.9. The third-order valence-corrected chi connectivity index (χ3v) is 15.0. The van der Waals surface area contributed by atoms with E-state index in [0.29, 0.717) is 39.0 Å². The van der Waals surface area contributed by atoms with Gasteiger partial charge in [-0.1, -0.05) is 79.6 Å². The highest BCUT2D eigenvalue weighted by Crippen LogP contribution is 2.88. The first kappa shape index (κ1) is 40.4. The Balaban J connectivity index is 1.24. The van der Waals surface area contributed by atoms with E-state index >= 15 is 0 Å². The molecule has 2 aliphatic heterocycles. The van der Waals surface area contributed by atoms with Gasteiger partial charge >= 0.3 is 6.03 Å². The summed E-state index contributed by atoms with van der Waals surface area (Å²) >= 11 is 0. The fraction of sp³-hybridized carbons (Fsp3) is 0.854. The molecule has 302 valence electrons. The lowest BCUT2D eigenvalue weighted by molar-refractivity contribution is -0.143. The zero-order valence-corrected chi connectivity index (χ0v) is 33.9. The molecule has 0 aromatic rings. The average molecular weight is 754 g/mol. The molecule has 54 heavy (non-hydrogen) atoms. The lowest BCUT2D eigenvalue weighted by atomic mass is 9.73. The molecule has 4 saturated carbocycles. The molecule has 5 atom stereocenters. The molecule has 6 rings (SSSR count). The van der Waals surface area contributed by atoms with Crippen LogP contribution in [-0.2, 0) is 24.0 Å². The maximum Gasteiger partial charge on any atom is 0.316 e. The van der Waals surface area contributed by atoms with Gasteiger partial charge in [-0.15, -0.1) is 0 Å². The first-order chi connectivity index (χ1) is 25.2. The summed E-state index contributed by atoms with van der Waals surface area (Å²) < 4.78 is 0. The molecule has 0 aromatic carbocycles. The van der Waals surface area contributed by atoms with Gasteiger partial charge in [0.05, 0.1) is 6.04 Å². The number of hydrogen-bond acceptors (Lipinski definition) is 7. The number of Topliss-reactive ketones (excluding diaryl/α,β-unsaturated/α-hetero) is 1. The summed E-state index contributed by atoms with van der Waals surface area (Å²) in [6.07, 6.45) is 11.6. The van der Waals surface area contributed by atoms with Crippen molar-refractivity contribution < 1.29 is 28.8 Å². The molecule has 6 fully saturated rings. The number of primary amides is 1. The number of hydrogen-bond donors (Lipinski definition) is 5. The van der Waals surface area contributed by atoms with Gasteiger partial charge in [0.15, 0.2) is 0 Å². The minimum absolute atomic E-state index is 0.00272. The lowest BCUT2D eigenvalue weighted by Crippen LogP contribution is -2.64. The molecule has 0 bridgehead atoms. The predicted molar refractivity (Wildman–Crippen MR) is 205 cm³/mol. The summed E-state index contributed by atoms with van der Waals surface area (Å²) in [5, 5.41) is 12.4. The van der Waals surface area contributed by atoms with E-state index in [1.807, 2.05) is 25.7 Å². The Kier molecular flexibility index (Phi) is 11.0. The molecule has 13 heteroatoms. The molecule has 6 aliphatic rings. The van der Waals surface area contributed by atoms with Gasteiger partial charge in [0, 0.05) is 37.1 Å². The van der Waals surface area contributed by atoms with Gasteiger partial charge in [0.25, 0.3) is 5.91 Å². The Labute approximate surface area is 321 Å². The van der Waals surface area contributed by atoms with Crippen molar-refractivity contribution in [2.24, 2.45) is 39.2 Å². The zero-order chi connectivity index (χ0) is 39.4. The largest absolute Gasteiger partial charge is 0.363 e. The molecule has 2 heterocycles. The fourth-order valence-corrected chi connectivity index (χ4v) is 11.3. The fourth-order valence-electron chi connectivity index (χ4n) is 11.3. The number of rotatable bonds is 11. The van der Waals surface area contributed by atoms with Crippen molar-refractivity contribution in [1.82, 2.24) is 31.1 Å². The van der Waals surface area contributed by atoms with Gasteiger partial charge < -0.3 is 36.8 Å². The Hall–Kier alpha value is -3.22. The number of nitrogens with one attached hydrogen (secondary N) is 4. The van der Waals surface area contributed by atoms with Crippen LogP contribution in [0.1, 0.15) is 132 Å². The Morgan fingerprint density at radius 3 is 2.00 bits per heavy atom. The normalized spacial score (nSPS) is 29.0. The van der Waals surface area contributed by atoms with E-state index in [9.17, 15) is 28.8 Å². The summed E-state index contributed by atoms with van der Waals surface area (Å²) in [5.41, 5.74) is 4.08. The number of fused-ring (bicyclic) bond motifs is 1. The molecule has 3 unspecified atom stereocenters. The smallest absolute Gasteiger partial charge is 0.316 e. The highest BCUT2D eigenvalue weighted by Gasteiger charge is 2.85. The van der Waals surface area contributed by atoms with Crippen molar-refractivity contribution in [2.75, 3.05) is 26.2 Å². The summed E-state index contributed by atoms with van der Waals surface area (Å²) in [6, 6.07) is -4.24. The van der Waals surface area contributed by atoms with Gasteiger partial charge in [-0.25, -0.2) is 4.79 Å². The summed E-state index contributed by atoms with van der Waals surface area (Å²) in [6.45, 7) is 16.4. The van der Waals surface area contributed by atoms with Gasteiger partial charge in [-0.3, -0.25) is 24.0 Å². The number of nitrogens with zero attached hydrogens (tertiary/aromatic N) is 2. The molecule has 13 nitrogen and oxygen atoms in total. The van der Waals surface area contributed by atoms with Crippen molar-refractivity contribution in [1.29, 1.82) is 0 Å². The van der Waals surface area contributed by atoms with Gasteiger partial charge in [0.1, 0.15) is 18.1 Å². The van der Waals surface area contributed by atoms with E-state index in [1.165, 1.54) is 0 Å². The number of piperazine rings is 1. The highest BCUT2D eigenvalue weighted by atomic mass is 16.2. The minimum atomic E-state index is -1.08. The second kappa shape index (κ2) is 14.7.